The van der Waals surface area contributed by atoms with Crippen LogP contribution in [-0.2, 0) is 6.54 Å². The molecule has 0 saturated carbocycles. The Kier molecular flexibility index (Phi) is 5.95. The molecule has 0 unspecified atom stereocenters. The smallest absolute Gasteiger partial charge is 0.231 e. The molecule has 0 radical (unpaired) electrons. The van der Waals surface area contributed by atoms with Crippen molar-refractivity contribution in [2.75, 3.05) is 26.5 Å². The number of hydrogen-bond acceptors (Lipinski definition) is 4. The van der Waals surface area contributed by atoms with Gasteiger partial charge in [0.05, 0.1) is 6.61 Å². The second-order valence-electron chi connectivity index (χ2n) is 8.39. The Balaban J connectivity index is 1.31. The molecule has 166 valence electrons. The Morgan fingerprint density at radius 2 is 1.59 bits per heavy atom. The highest BCUT2D eigenvalue weighted by atomic mass is 19.1. The molecule has 0 spiro atoms. The van der Waals surface area contributed by atoms with Gasteiger partial charge in [0.2, 0.25) is 6.79 Å². The number of benzene rings is 3. The van der Waals surface area contributed by atoms with Crippen LogP contribution in [0.5, 0.6) is 17.2 Å². The van der Waals surface area contributed by atoms with Crippen molar-refractivity contribution in [2.45, 2.75) is 18.9 Å². The van der Waals surface area contributed by atoms with Gasteiger partial charge >= 0.3 is 0 Å². The third kappa shape index (κ3) is 4.70. The third-order valence-corrected chi connectivity index (χ3v) is 6.24. The molecule has 2 heterocycles. The van der Waals surface area contributed by atoms with Gasteiger partial charge in [-0.3, -0.25) is 4.90 Å². The van der Waals surface area contributed by atoms with Crippen LogP contribution in [0.1, 0.15) is 23.5 Å². The summed E-state index contributed by atoms with van der Waals surface area (Å²) in [4.78, 5) is 2.38. The lowest BCUT2D eigenvalue weighted by Gasteiger charge is -2.39. The summed E-state index contributed by atoms with van der Waals surface area (Å²) in [7, 11) is 0. The number of rotatable bonds is 6. The van der Waals surface area contributed by atoms with Gasteiger partial charge in [0.15, 0.2) is 11.5 Å². The Hall–Kier alpha value is -3.12. The van der Waals surface area contributed by atoms with Crippen molar-refractivity contribution in [3.63, 3.8) is 0 Å². The summed E-state index contributed by atoms with van der Waals surface area (Å²) in [5, 5.41) is 0. The molecule has 0 bridgehead atoms. The van der Waals surface area contributed by atoms with Crippen molar-refractivity contribution in [1.82, 2.24) is 4.90 Å². The highest BCUT2D eigenvalue weighted by Gasteiger charge is 2.31. The molecule has 2 aliphatic rings. The van der Waals surface area contributed by atoms with E-state index in [1.54, 1.807) is 0 Å². The second-order valence-corrected chi connectivity index (χ2v) is 8.39. The fourth-order valence-corrected chi connectivity index (χ4v) is 4.59. The monoisotopic (exact) mass is 437 g/mol. The number of piperidine rings is 1. The Morgan fingerprint density at radius 3 is 2.38 bits per heavy atom. The van der Waals surface area contributed by atoms with Crippen LogP contribution >= 0.6 is 0 Å². The maximum Gasteiger partial charge on any atom is 0.231 e. The molecule has 3 aromatic rings. The van der Waals surface area contributed by atoms with Crippen LogP contribution in [-0.4, -0.2) is 31.4 Å². The normalized spacial score (nSPS) is 20.3. The van der Waals surface area contributed by atoms with Gasteiger partial charge in [0.25, 0.3) is 0 Å². The number of fused-ring (bicyclic) bond motifs is 1. The number of likely N-dealkylation sites (tertiary alicyclic amines) is 1. The Morgan fingerprint density at radius 1 is 0.875 bits per heavy atom. The van der Waals surface area contributed by atoms with E-state index in [4.69, 9.17) is 14.2 Å². The van der Waals surface area contributed by atoms with E-state index >= 15 is 0 Å². The fourth-order valence-electron chi connectivity index (χ4n) is 4.59. The zero-order valence-corrected chi connectivity index (χ0v) is 17.7. The molecular weight excluding hydrogens is 412 g/mol. The van der Waals surface area contributed by atoms with Crippen molar-refractivity contribution in [1.29, 1.82) is 0 Å². The molecule has 0 amide bonds. The van der Waals surface area contributed by atoms with E-state index in [0.717, 1.165) is 48.7 Å². The lowest BCUT2D eigenvalue weighted by Crippen LogP contribution is -2.41. The molecule has 4 nitrogen and oxygen atoms in total. The number of halogens is 2. The van der Waals surface area contributed by atoms with Crippen LogP contribution in [0.3, 0.4) is 0 Å². The summed E-state index contributed by atoms with van der Waals surface area (Å²) in [6.07, 6.45) is 0.946. The maximum absolute atomic E-state index is 13.5. The van der Waals surface area contributed by atoms with Crippen molar-refractivity contribution in [3.05, 3.63) is 89.5 Å². The van der Waals surface area contributed by atoms with Gasteiger partial charge in [-0.15, -0.1) is 0 Å². The standard InChI is InChI=1S/C26H25F2NO3/c27-21-5-1-18(2-6-21)14-29-12-11-24(19-3-7-22(28)8-4-19)20(15-29)16-30-23-9-10-25-26(13-23)32-17-31-25/h1-10,13,20,24H,11-12,14-17H2/t20-,24-/m1/s1. The van der Waals surface area contributed by atoms with Crippen molar-refractivity contribution < 1.29 is 23.0 Å². The van der Waals surface area contributed by atoms with Gasteiger partial charge in [-0.2, -0.15) is 0 Å². The number of hydrogen-bond donors (Lipinski definition) is 0. The largest absolute Gasteiger partial charge is 0.493 e. The molecule has 1 fully saturated rings. The van der Waals surface area contributed by atoms with Crippen LogP contribution in [0.2, 0.25) is 0 Å². The van der Waals surface area contributed by atoms with Gasteiger partial charge in [0.1, 0.15) is 17.4 Å². The summed E-state index contributed by atoms with van der Waals surface area (Å²) >= 11 is 0. The summed E-state index contributed by atoms with van der Waals surface area (Å²) in [6.45, 7) is 3.27. The summed E-state index contributed by atoms with van der Waals surface area (Å²) in [5.41, 5.74) is 2.22. The van der Waals surface area contributed by atoms with Gasteiger partial charge in [-0.25, -0.2) is 8.78 Å². The highest BCUT2D eigenvalue weighted by molar-refractivity contribution is 5.46. The molecule has 3 aromatic carbocycles. The van der Waals surface area contributed by atoms with Crippen LogP contribution < -0.4 is 14.2 Å². The van der Waals surface area contributed by atoms with Crippen LogP contribution in [0.4, 0.5) is 8.78 Å². The first-order valence-corrected chi connectivity index (χ1v) is 10.9. The first kappa shape index (κ1) is 20.8. The predicted octanol–water partition coefficient (Wildman–Crippen LogP) is 5.38. The average Bonchev–Trinajstić information content (AvgIpc) is 3.28. The molecule has 0 aliphatic carbocycles. The fraction of sp³-hybridized carbons (Fsp3) is 0.308. The van der Waals surface area contributed by atoms with Crippen LogP contribution in [0, 0.1) is 17.6 Å². The predicted molar refractivity (Wildman–Crippen MR) is 117 cm³/mol. The second kappa shape index (κ2) is 9.17. The van der Waals surface area contributed by atoms with Gasteiger partial charge in [-0.05, 0) is 66.4 Å². The SMILES string of the molecule is Fc1ccc(CN2CC[C@H](c3ccc(F)cc3)[C@@H](COc3ccc4c(c3)OCO4)C2)cc1. The highest BCUT2D eigenvalue weighted by Crippen LogP contribution is 2.37. The lowest BCUT2D eigenvalue weighted by molar-refractivity contribution is 0.106. The minimum atomic E-state index is -0.226. The molecule has 2 aliphatic heterocycles. The average molecular weight is 437 g/mol. The minimum Gasteiger partial charge on any atom is -0.493 e. The van der Waals surface area contributed by atoms with E-state index in [-0.39, 0.29) is 30.3 Å². The van der Waals surface area contributed by atoms with E-state index in [0.29, 0.717) is 12.4 Å². The summed E-state index contributed by atoms with van der Waals surface area (Å²) < 4.78 is 43.7. The molecule has 6 heteroatoms. The maximum atomic E-state index is 13.5. The first-order valence-electron chi connectivity index (χ1n) is 10.9. The van der Waals surface area contributed by atoms with Crippen molar-refractivity contribution in [2.24, 2.45) is 5.92 Å². The lowest BCUT2D eigenvalue weighted by atomic mass is 9.80. The van der Waals surface area contributed by atoms with Crippen molar-refractivity contribution >= 4 is 0 Å². The van der Waals surface area contributed by atoms with E-state index in [9.17, 15) is 8.78 Å². The zero-order chi connectivity index (χ0) is 21.9. The third-order valence-electron chi connectivity index (χ3n) is 6.24. The van der Waals surface area contributed by atoms with Crippen molar-refractivity contribution in [3.8, 4) is 17.2 Å². The van der Waals surface area contributed by atoms with E-state index < -0.39 is 0 Å². The van der Waals surface area contributed by atoms with Gasteiger partial charge in [0, 0.05) is 25.1 Å². The molecular formula is C26H25F2NO3. The van der Waals surface area contributed by atoms with E-state index in [1.165, 1.54) is 24.3 Å². The summed E-state index contributed by atoms with van der Waals surface area (Å²) in [6, 6.07) is 19.1. The molecule has 5 rings (SSSR count). The van der Waals surface area contributed by atoms with Crippen LogP contribution in [0.25, 0.3) is 0 Å². The van der Waals surface area contributed by atoms with Crippen LogP contribution in [0.15, 0.2) is 66.7 Å². The topological polar surface area (TPSA) is 30.9 Å². The minimum absolute atomic E-state index is 0.222. The van der Waals surface area contributed by atoms with E-state index in [2.05, 4.69) is 4.90 Å². The Bertz CT molecular complexity index is 1060. The van der Waals surface area contributed by atoms with E-state index in [1.807, 2.05) is 42.5 Å². The molecule has 32 heavy (non-hydrogen) atoms. The first-order chi connectivity index (χ1) is 15.6. The summed E-state index contributed by atoms with van der Waals surface area (Å²) in [5.74, 6) is 2.20. The molecule has 0 N–H and O–H groups in total. The van der Waals surface area contributed by atoms with Gasteiger partial charge in [-0.1, -0.05) is 24.3 Å². The quantitative estimate of drug-likeness (QED) is 0.518. The molecule has 1 saturated heterocycles. The number of ether oxygens (including phenoxy) is 3. The van der Waals surface area contributed by atoms with Gasteiger partial charge < -0.3 is 14.2 Å². The molecule has 0 aromatic heterocycles. The Labute approximate surface area is 186 Å². The molecule has 2 atom stereocenters. The zero-order valence-electron chi connectivity index (χ0n) is 17.7. The number of nitrogens with zero attached hydrogens (tertiary/aromatic N) is 1.